The minimum atomic E-state index is 0.0861. The molecule has 154 valence electrons. The molecule has 0 aliphatic carbocycles. The summed E-state index contributed by atoms with van der Waals surface area (Å²) in [7, 11) is 0. The van der Waals surface area contributed by atoms with Crippen molar-refractivity contribution < 1.29 is 9.59 Å². The van der Waals surface area contributed by atoms with Crippen molar-refractivity contribution in [1.82, 2.24) is 14.8 Å². The summed E-state index contributed by atoms with van der Waals surface area (Å²) in [4.78, 5) is 34.4. The van der Waals surface area contributed by atoms with Gasteiger partial charge in [0.1, 0.15) is 0 Å². The highest BCUT2D eigenvalue weighted by Crippen LogP contribution is 2.25. The SMILES string of the molecule is Cc1nc2ccccc2c(C)c1CC(=O)N1CCC(C(=O)N2CCCCC2)CC1. The summed E-state index contributed by atoms with van der Waals surface area (Å²) in [5.41, 5.74) is 4.11. The van der Waals surface area contributed by atoms with Crippen LogP contribution >= 0.6 is 0 Å². The number of hydrogen-bond acceptors (Lipinski definition) is 3. The molecule has 1 aromatic carbocycles. The maximum atomic E-state index is 13.0. The van der Waals surface area contributed by atoms with Crippen molar-refractivity contribution in [2.24, 2.45) is 5.92 Å². The first-order chi connectivity index (χ1) is 14.0. The zero-order valence-corrected chi connectivity index (χ0v) is 17.6. The molecule has 3 heterocycles. The average Bonchev–Trinajstić information content (AvgIpc) is 2.76. The van der Waals surface area contributed by atoms with E-state index in [4.69, 9.17) is 4.98 Å². The van der Waals surface area contributed by atoms with E-state index in [1.807, 2.05) is 34.9 Å². The molecule has 2 aliphatic rings. The van der Waals surface area contributed by atoms with E-state index in [1.54, 1.807) is 0 Å². The van der Waals surface area contributed by atoms with E-state index >= 15 is 0 Å². The predicted octanol–water partition coefficient (Wildman–Crippen LogP) is 3.65. The highest BCUT2D eigenvalue weighted by molar-refractivity contribution is 5.87. The largest absolute Gasteiger partial charge is 0.342 e. The standard InChI is InChI=1S/C24H31N3O2/c1-17-20-8-4-5-9-22(20)25-18(2)21(17)16-23(28)26-14-10-19(11-15-26)24(29)27-12-6-3-7-13-27/h4-5,8-9,19H,3,6-7,10-16H2,1-2H3. The molecule has 2 fully saturated rings. The van der Waals surface area contributed by atoms with Crippen molar-refractivity contribution in [2.45, 2.75) is 52.4 Å². The van der Waals surface area contributed by atoms with Crippen LogP contribution in [0.4, 0.5) is 0 Å². The number of amides is 2. The zero-order valence-electron chi connectivity index (χ0n) is 17.6. The summed E-state index contributed by atoms with van der Waals surface area (Å²) < 4.78 is 0. The van der Waals surface area contributed by atoms with Gasteiger partial charge in [-0.25, -0.2) is 0 Å². The number of carbonyl (C=O) groups excluding carboxylic acids is 2. The highest BCUT2D eigenvalue weighted by Gasteiger charge is 2.31. The van der Waals surface area contributed by atoms with Gasteiger partial charge in [0.2, 0.25) is 11.8 Å². The number of benzene rings is 1. The van der Waals surface area contributed by atoms with Gasteiger partial charge in [-0.05, 0) is 63.1 Å². The summed E-state index contributed by atoms with van der Waals surface area (Å²) in [5.74, 6) is 0.544. The van der Waals surface area contributed by atoms with Crippen LogP contribution in [0.1, 0.15) is 48.9 Å². The van der Waals surface area contributed by atoms with E-state index in [0.29, 0.717) is 25.4 Å². The topological polar surface area (TPSA) is 53.5 Å². The molecular formula is C24H31N3O2. The van der Waals surface area contributed by atoms with Crippen LogP contribution in [0.3, 0.4) is 0 Å². The maximum absolute atomic E-state index is 13.0. The Morgan fingerprint density at radius 1 is 0.966 bits per heavy atom. The van der Waals surface area contributed by atoms with Crippen LogP contribution < -0.4 is 0 Å². The van der Waals surface area contributed by atoms with Gasteiger partial charge in [-0.2, -0.15) is 0 Å². The molecule has 0 unspecified atom stereocenters. The zero-order chi connectivity index (χ0) is 20.4. The van der Waals surface area contributed by atoms with E-state index in [1.165, 1.54) is 6.42 Å². The molecule has 0 radical (unpaired) electrons. The number of aryl methyl sites for hydroxylation is 2. The summed E-state index contributed by atoms with van der Waals surface area (Å²) in [6.07, 6.45) is 5.45. The lowest BCUT2D eigenvalue weighted by molar-refractivity contribution is -0.141. The molecule has 2 aromatic rings. The summed E-state index contributed by atoms with van der Waals surface area (Å²) in [6, 6.07) is 8.10. The fraction of sp³-hybridized carbons (Fsp3) is 0.542. The van der Waals surface area contributed by atoms with Crippen LogP contribution in [0, 0.1) is 19.8 Å². The summed E-state index contributed by atoms with van der Waals surface area (Å²) in [6.45, 7) is 7.26. The van der Waals surface area contributed by atoms with E-state index in [2.05, 4.69) is 13.0 Å². The first-order valence-corrected chi connectivity index (χ1v) is 11.0. The van der Waals surface area contributed by atoms with Gasteiger partial charge in [-0.3, -0.25) is 14.6 Å². The number of piperidine rings is 2. The predicted molar refractivity (Wildman–Crippen MR) is 115 cm³/mol. The molecule has 2 amide bonds. The number of aromatic nitrogens is 1. The normalized spacial score (nSPS) is 18.3. The molecular weight excluding hydrogens is 362 g/mol. The van der Waals surface area contributed by atoms with Crippen LogP contribution in [0.25, 0.3) is 10.9 Å². The first kappa shape index (κ1) is 19.9. The van der Waals surface area contributed by atoms with E-state index < -0.39 is 0 Å². The van der Waals surface area contributed by atoms with Gasteiger partial charge in [0, 0.05) is 43.2 Å². The Kier molecular flexibility index (Phi) is 5.84. The van der Waals surface area contributed by atoms with Crippen LogP contribution in [0.5, 0.6) is 0 Å². The molecule has 0 spiro atoms. The summed E-state index contributed by atoms with van der Waals surface area (Å²) >= 11 is 0. The lowest BCUT2D eigenvalue weighted by atomic mass is 9.93. The fourth-order valence-corrected chi connectivity index (χ4v) is 4.84. The second-order valence-corrected chi connectivity index (χ2v) is 8.54. The third-order valence-electron chi connectivity index (χ3n) is 6.68. The number of rotatable bonds is 3. The number of hydrogen-bond donors (Lipinski definition) is 0. The second-order valence-electron chi connectivity index (χ2n) is 8.54. The fourth-order valence-electron chi connectivity index (χ4n) is 4.84. The van der Waals surface area contributed by atoms with Gasteiger partial charge < -0.3 is 9.80 Å². The lowest BCUT2D eigenvalue weighted by Crippen LogP contribution is -2.46. The number of nitrogens with zero attached hydrogens (tertiary/aromatic N) is 3. The molecule has 29 heavy (non-hydrogen) atoms. The minimum absolute atomic E-state index is 0.0861. The van der Waals surface area contributed by atoms with Gasteiger partial charge in [0.15, 0.2) is 0 Å². The maximum Gasteiger partial charge on any atom is 0.227 e. The first-order valence-electron chi connectivity index (χ1n) is 11.0. The number of carbonyl (C=O) groups is 2. The minimum Gasteiger partial charge on any atom is -0.342 e. The van der Waals surface area contributed by atoms with Gasteiger partial charge in [0.05, 0.1) is 11.9 Å². The van der Waals surface area contributed by atoms with Gasteiger partial charge in [-0.15, -0.1) is 0 Å². The smallest absolute Gasteiger partial charge is 0.227 e. The Morgan fingerprint density at radius 2 is 1.66 bits per heavy atom. The molecule has 2 aliphatic heterocycles. The molecule has 0 N–H and O–H groups in total. The Hall–Kier alpha value is -2.43. The number of pyridine rings is 1. The van der Waals surface area contributed by atoms with Crippen molar-refractivity contribution in [1.29, 1.82) is 0 Å². The molecule has 2 saturated heterocycles. The monoisotopic (exact) mass is 393 g/mol. The van der Waals surface area contributed by atoms with Crippen LogP contribution in [-0.4, -0.2) is 52.8 Å². The van der Waals surface area contributed by atoms with Gasteiger partial charge in [-0.1, -0.05) is 18.2 Å². The Labute approximate surface area is 173 Å². The molecule has 5 heteroatoms. The van der Waals surface area contributed by atoms with E-state index in [-0.39, 0.29) is 11.8 Å². The molecule has 0 bridgehead atoms. The van der Waals surface area contributed by atoms with E-state index in [0.717, 1.165) is 66.5 Å². The Bertz CT molecular complexity index is 910. The van der Waals surface area contributed by atoms with Gasteiger partial charge >= 0.3 is 0 Å². The summed E-state index contributed by atoms with van der Waals surface area (Å²) in [5, 5.41) is 1.12. The molecule has 1 aromatic heterocycles. The van der Waals surface area contributed by atoms with Crippen molar-refractivity contribution in [3.8, 4) is 0 Å². The van der Waals surface area contributed by atoms with Gasteiger partial charge in [0.25, 0.3) is 0 Å². The second kappa shape index (κ2) is 8.52. The van der Waals surface area contributed by atoms with Crippen molar-refractivity contribution >= 4 is 22.7 Å². The molecule has 0 atom stereocenters. The highest BCUT2D eigenvalue weighted by atomic mass is 16.2. The number of fused-ring (bicyclic) bond motifs is 1. The molecule has 4 rings (SSSR count). The third-order valence-corrected chi connectivity index (χ3v) is 6.68. The van der Waals surface area contributed by atoms with Crippen molar-refractivity contribution in [3.63, 3.8) is 0 Å². The van der Waals surface area contributed by atoms with Crippen molar-refractivity contribution in [2.75, 3.05) is 26.2 Å². The average molecular weight is 394 g/mol. The van der Waals surface area contributed by atoms with Crippen LogP contribution in [-0.2, 0) is 16.0 Å². The van der Waals surface area contributed by atoms with Crippen LogP contribution in [0.2, 0.25) is 0 Å². The third kappa shape index (κ3) is 4.14. The number of para-hydroxylation sites is 1. The van der Waals surface area contributed by atoms with E-state index in [9.17, 15) is 9.59 Å². The van der Waals surface area contributed by atoms with Crippen molar-refractivity contribution in [3.05, 3.63) is 41.1 Å². The Balaban J connectivity index is 1.39. The lowest BCUT2D eigenvalue weighted by Gasteiger charge is -2.35. The Morgan fingerprint density at radius 3 is 2.38 bits per heavy atom. The molecule has 0 saturated carbocycles. The molecule has 5 nitrogen and oxygen atoms in total. The number of likely N-dealkylation sites (tertiary alicyclic amines) is 2. The quantitative estimate of drug-likeness (QED) is 0.800. The van der Waals surface area contributed by atoms with Crippen LogP contribution in [0.15, 0.2) is 24.3 Å².